The van der Waals surface area contributed by atoms with E-state index in [2.05, 4.69) is 0 Å². The molecule has 1 atom stereocenters. The molecule has 0 spiro atoms. The number of hydrogen-bond acceptors (Lipinski definition) is 2. The number of benzene rings is 1. The second-order valence-corrected chi connectivity index (χ2v) is 2.74. The van der Waals surface area contributed by atoms with Crippen LogP contribution in [0.3, 0.4) is 0 Å². The molecule has 0 aromatic heterocycles. The molecule has 0 saturated carbocycles. The monoisotopic (exact) mass is 187 g/mol. The van der Waals surface area contributed by atoms with Gasteiger partial charge in [-0.2, -0.15) is 0 Å². The summed E-state index contributed by atoms with van der Waals surface area (Å²) in [5.74, 6) is -1.75. The van der Waals surface area contributed by atoms with E-state index in [1.54, 1.807) is 0 Å². The van der Waals surface area contributed by atoms with Crippen LogP contribution in [-0.4, -0.2) is 13.7 Å². The van der Waals surface area contributed by atoms with Crippen molar-refractivity contribution in [2.24, 2.45) is 5.73 Å². The highest BCUT2D eigenvalue weighted by molar-refractivity contribution is 5.20. The molecule has 0 aliphatic heterocycles. The standard InChI is InChI=1S/C9H11F2NO/c1-13-5-9(12)6-2-3-7(10)8(11)4-6/h2-4,9H,5,12H2,1H3/t9-/m1/s1. The molecule has 0 saturated heterocycles. The van der Waals surface area contributed by atoms with Crippen LogP contribution in [-0.2, 0) is 4.74 Å². The van der Waals surface area contributed by atoms with E-state index in [-0.39, 0.29) is 6.61 Å². The molecule has 0 aliphatic carbocycles. The summed E-state index contributed by atoms with van der Waals surface area (Å²) in [4.78, 5) is 0. The Bertz CT molecular complexity index is 291. The minimum absolute atomic E-state index is 0.283. The Morgan fingerprint density at radius 3 is 2.62 bits per heavy atom. The van der Waals surface area contributed by atoms with Crippen molar-refractivity contribution in [2.45, 2.75) is 6.04 Å². The molecule has 0 bridgehead atoms. The maximum absolute atomic E-state index is 12.7. The zero-order valence-corrected chi connectivity index (χ0v) is 7.26. The van der Waals surface area contributed by atoms with Crippen molar-refractivity contribution >= 4 is 0 Å². The molecule has 0 unspecified atom stereocenters. The van der Waals surface area contributed by atoms with Crippen LogP contribution in [0.25, 0.3) is 0 Å². The first-order valence-corrected chi connectivity index (χ1v) is 3.84. The summed E-state index contributed by atoms with van der Waals surface area (Å²) in [6.07, 6.45) is 0. The van der Waals surface area contributed by atoms with E-state index < -0.39 is 17.7 Å². The largest absolute Gasteiger partial charge is 0.383 e. The topological polar surface area (TPSA) is 35.2 Å². The summed E-state index contributed by atoms with van der Waals surface area (Å²) in [6.45, 7) is 0.283. The van der Waals surface area contributed by atoms with Gasteiger partial charge in [0.25, 0.3) is 0 Å². The second kappa shape index (κ2) is 4.30. The molecule has 13 heavy (non-hydrogen) atoms. The second-order valence-electron chi connectivity index (χ2n) is 2.74. The summed E-state index contributed by atoms with van der Waals surface area (Å²) in [6, 6.07) is 3.17. The first-order chi connectivity index (χ1) is 6.15. The third-order valence-corrected chi connectivity index (χ3v) is 1.72. The van der Waals surface area contributed by atoms with Crippen LogP contribution in [0.15, 0.2) is 18.2 Å². The van der Waals surface area contributed by atoms with Gasteiger partial charge in [-0.15, -0.1) is 0 Å². The predicted octanol–water partition coefficient (Wildman–Crippen LogP) is 1.61. The van der Waals surface area contributed by atoms with Crippen LogP contribution in [0.5, 0.6) is 0 Å². The van der Waals surface area contributed by atoms with Gasteiger partial charge in [0.1, 0.15) is 0 Å². The van der Waals surface area contributed by atoms with Crippen LogP contribution >= 0.6 is 0 Å². The number of methoxy groups -OCH3 is 1. The van der Waals surface area contributed by atoms with Crippen molar-refractivity contribution in [1.82, 2.24) is 0 Å². The molecule has 0 amide bonds. The quantitative estimate of drug-likeness (QED) is 0.780. The van der Waals surface area contributed by atoms with E-state index in [9.17, 15) is 8.78 Å². The molecule has 0 fully saturated rings. The molecule has 1 aromatic rings. The van der Waals surface area contributed by atoms with E-state index in [1.807, 2.05) is 0 Å². The molecule has 1 rings (SSSR count). The van der Waals surface area contributed by atoms with Crippen molar-refractivity contribution in [3.8, 4) is 0 Å². The van der Waals surface area contributed by atoms with Gasteiger partial charge in [-0.1, -0.05) is 6.07 Å². The lowest BCUT2D eigenvalue weighted by Gasteiger charge is -2.10. The average molecular weight is 187 g/mol. The molecule has 4 heteroatoms. The summed E-state index contributed by atoms with van der Waals surface area (Å²) in [5.41, 5.74) is 6.14. The van der Waals surface area contributed by atoms with Crippen LogP contribution in [0.2, 0.25) is 0 Å². The molecule has 72 valence electrons. The van der Waals surface area contributed by atoms with E-state index >= 15 is 0 Å². The molecule has 2 N–H and O–H groups in total. The maximum atomic E-state index is 12.7. The fraction of sp³-hybridized carbons (Fsp3) is 0.333. The summed E-state index contributed by atoms with van der Waals surface area (Å²) < 4.78 is 30.0. The molecule has 1 aromatic carbocycles. The van der Waals surface area contributed by atoms with Crippen molar-refractivity contribution in [3.05, 3.63) is 35.4 Å². The van der Waals surface area contributed by atoms with Gasteiger partial charge in [-0.3, -0.25) is 0 Å². The number of hydrogen-bond donors (Lipinski definition) is 1. The Balaban J connectivity index is 2.84. The third kappa shape index (κ3) is 2.47. The predicted molar refractivity (Wildman–Crippen MR) is 45.2 cm³/mol. The van der Waals surface area contributed by atoms with Gasteiger partial charge >= 0.3 is 0 Å². The lowest BCUT2D eigenvalue weighted by atomic mass is 10.1. The number of halogens is 2. The maximum Gasteiger partial charge on any atom is 0.159 e. The molecular weight excluding hydrogens is 176 g/mol. The number of rotatable bonds is 3. The lowest BCUT2D eigenvalue weighted by Crippen LogP contribution is -2.16. The lowest BCUT2D eigenvalue weighted by molar-refractivity contribution is 0.180. The van der Waals surface area contributed by atoms with Crippen molar-refractivity contribution < 1.29 is 13.5 Å². The van der Waals surface area contributed by atoms with E-state index in [0.29, 0.717) is 5.56 Å². The van der Waals surface area contributed by atoms with Gasteiger partial charge in [-0.05, 0) is 17.7 Å². The highest BCUT2D eigenvalue weighted by Gasteiger charge is 2.08. The minimum Gasteiger partial charge on any atom is -0.383 e. The fourth-order valence-corrected chi connectivity index (χ4v) is 1.02. The summed E-state index contributed by atoms with van der Waals surface area (Å²) in [7, 11) is 1.50. The van der Waals surface area contributed by atoms with Gasteiger partial charge in [0.2, 0.25) is 0 Å². The highest BCUT2D eigenvalue weighted by atomic mass is 19.2. The van der Waals surface area contributed by atoms with Crippen molar-refractivity contribution in [2.75, 3.05) is 13.7 Å². The Hall–Kier alpha value is -1.00. The third-order valence-electron chi connectivity index (χ3n) is 1.72. The average Bonchev–Trinajstić information content (AvgIpc) is 2.10. The molecule has 0 radical (unpaired) electrons. The Morgan fingerprint density at radius 2 is 2.08 bits per heavy atom. The molecule has 0 heterocycles. The van der Waals surface area contributed by atoms with Gasteiger partial charge in [0, 0.05) is 7.11 Å². The minimum atomic E-state index is -0.885. The van der Waals surface area contributed by atoms with Crippen LogP contribution < -0.4 is 5.73 Å². The summed E-state index contributed by atoms with van der Waals surface area (Å²) >= 11 is 0. The smallest absolute Gasteiger partial charge is 0.159 e. The van der Waals surface area contributed by atoms with Gasteiger partial charge in [-0.25, -0.2) is 8.78 Å². The van der Waals surface area contributed by atoms with Crippen LogP contribution in [0.1, 0.15) is 11.6 Å². The van der Waals surface area contributed by atoms with Crippen molar-refractivity contribution in [1.29, 1.82) is 0 Å². The number of nitrogens with two attached hydrogens (primary N) is 1. The molecule has 2 nitrogen and oxygen atoms in total. The van der Waals surface area contributed by atoms with E-state index in [4.69, 9.17) is 10.5 Å². The first kappa shape index (κ1) is 10.1. The Morgan fingerprint density at radius 1 is 1.38 bits per heavy atom. The SMILES string of the molecule is COC[C@@H](N)c1ccc(F)c(F)c1. The Labute approximate surface area is 75.3 Å². The summed E-state index contributed by atoms with van der Waals surface area (Å²) in [5, 5.41) is 0. The van der Waals surface area contributed by atoms with Crippen LogP contribution in [0.4, 0.5) is 8.78 Å². The van der Waals surface area contributed by atoms with E-state index in [1.165, 1.54) is 13.2 Å². The highest BCUT2D eigenvalue weighted by Crippen LogP contribution is 2.14. The van der Waals surface area contributed by atoms with E-state index in [0.717, 1.165) is 12.1 Å². The zero-order chi connectivity index (χ0) is 9.84. The van der Waals surface area contributed by atoms with Gasteiger partial charge < -0.3 is 10.5 Å². The fourth-order valence-electron chi connectivity index (χ4n) is 1.02. The normalized spacial score (nSPS) is 12.9. The number of ether oxygens (including phenoxy) is 1. The first-order valence-electron chi connectivity index (χ1n) is 3.84. The van der Waals surface area contributed by atoms with Crippen LogP contribution in [0, 0.1) is 11.6 Å². The Kier molecular flexibility index (Phi) is 3.33. The van der Waals surface area contributed by atoms with Gasteiger partial charge in [0.15, 0.2) is 11.6 Å². The molecule has 0 aliphatic rings. The molecular formula is C9H11F2NO. The zero-order valence-electron chi connectivity index (χ0n) is 7.26. The van der Waals surface area contributed by atoms with Crippen molar-refractivity contribution in [3.63, 3.8) is 0 Å². The van der Waals surface area contributed by atoms with Gasteiger partial charge in [0.05, 0.1) is 12.6 Å².